The van der Waals surface area contributed by atoms with Crippen molar-refractivity contribution in [3.8, 4) is 5.75 Å². The van der Waals surface area contributed by atoms with Crippen LogP contribution in [0, 0.1) is 19.7 Å². The van der Waals surface area contributed by atoms with Crippen molar-refractivity contribution in [3.05, 3.63) is 58.9 Å². The van der Waals surface area contributed by atoms with E-state index in [9.17, 15) is 14.3 Å². The molecule has 0 spiro atoms. The van der Waals surface area contributed by atoms with Gasteiger partial charge >= 0.3 is 0 Å². The number of phenolic OH excluding ortho intramolecular Hbond substituents is 1. The zero-order valence-electron chi connectivity index (χ0n) is 10.7. The molecule has 3 nitrogen and oxygen atoms in total. The van der Waals surface area contributed by atoms with Gasteiger partial charge in [0.1, 0.15) is 11.6 Å². The van der Waals surface area contributed by atoms with Crippen LogP contribution in [0.15, 0.2) is 36.4 Å². The Kier molecular flexibility index (Phi) is 3.51. The Balaban J connectivity index is 2.23. The molecule has 4 heteroatoms. The first-order chi connectivity index (χ1) is 8.97. The van der Waals surface area contributed by atoms with E-state index in [1.807, 2.05) is 6.92 Å². The highest BCUT2D eigenvalue weighted by molar-refractivity contribution is 6.06. The molecule has 0 aliphatic carbocycles. The minimum Gasteiger partial charge on any atom is -0.507 e. The summed E-state index contributed by atoms with van der Waals surface area (Å²) in [6.45, 7) is 3.44. The molecule has 0 saturated carbocycles. The van der Waals surface area contributed by atoms with Crippen LogP contribution in [-0.2, 0) is 0 Å². The van der Waals surface area contributed by atoms with E-state index in [1.165, 1.54) is 18.2 Å². The van der Waals surface area contributed by atoms with Gasteiger partial charge in [-0.2, -0.15) is 0 Å². The molecule has 2 rings (SSSR count). The SMILES string of the molecule is Cc1ccc(C(=O)Nc2ccc(F)c(C)c2)c(O)c1. The van der Waals surface area contributed by atoms with E-state index in [1.54, 1.807) is 25.1 Å². The summed E-state index contributed by atoms with van der Waals surface area (Å²) in [5, 5.41) is 12.3. The summed E-state index contributed by atoms with van der Waals surface area (Å²) < 4.78 is 13.1. The predicted molar refractivity (Wildman–Crippen MR) is 71.9 cm³/mol. The zero-order chi connectivity index (χ0) is 14.0. The number of aromatic hydroxyl groups is 1. The standard InChI is InChI=1S/C15H14FNO2/c1-9-3-5-12(14(18)7-9)15(19)17-11-4-6-13(16)10(2)8-11/h3-8,18H,1-2H3,(H,17,19). The number of anilines is 1. The molecule has 2 N–H and O–H groups in total. The highest BCUT2D eigenvalue weighted by Gasteiger charge is 2.11. The minimum atomic E-state index is -0.427. The number of halogens is 1. The second-order valence-electron chi connectivity index (χ2n) is 4.44. The summed E-state index contributed by atoms with van der Waals surface area (Å²) in [5.74, 6) is -0.823. The van der Waals surface area contributed by atoms with Crippen LogP contribution >= 0.6 is 0 Å². The van der Waals surface area contributed by atoms with Gasteiger partial charge in [-0.1, -0.05) is 6.07 Å². The molecule has 0 bridgehead atoms. The van der Waals surface area contributed by atoms with Gasteiger partial charge in [0.25, 0.3) is 5.91 Å². The first-order valence-electron chi connectivity index (χ1n) is 5.84. The fourth-order valence-corrected chi connectivity index (χ4v) is 1.75. The van der Waals surface area contributed by atoms with Crippen LogP contribution in [0.5, 0.6) is 5.75 Å². The van der Waals surface area contributed by atoms with Gasteiger partial charge in [-0.3, -0.25) is 4.79 Å². The van der Waals surface area contributed by atoms with Crippen molar-refractivity contribution in [2.45, 2.75) is 13.8 Å². The Morgan fingerprint density at radius 3 is 2.53 bits per heavy atom. The minimum absolute atomic E-state index is 0.0728. The maximum Gasteiger partial charge on any atom is 0.259 e. The average Bonchev–Trinajstić information content (AvgIpc) is 2.33. The van der Waals surface area contributed by atoms with Crippen LogP contribution in [0.2, 0.25) is 0 Å². The fourth-order valence-electron chi connectivity index (χ4n) is 1.75. The highest BCUT2D eigenvalue weighted by Crippen LogP contribution is 2.21. The third kappa shape index (κ3) is 2.91. The van der Waals surface area contributed by atoms with Crippen LogP contribution in [0.4, 0.5) is 10.1 Å². The molecule has 0 aliphatic heterocycles. The number of rotatable bonds is 2. The van der Waals surface area contributed by atoms with Crippen molar-refractivity contribution in [2.24, 2.45) is 0 Å². The Morgan fingerprint density at radius 1 is 1.16 bits per heavy atom. The van der Waals surface area contributed by atoms with Crippen molar-refractivity contribution in [1.29, 1.82) is 0 Å². The number of aryl methyl sites for hydroxylation is 2. The third-order valence-electron chi connectivity index (χ3n) is 2.81. The van der Waals surface area contributed by atoms with Gasteiger partial charge in [-0.25, -0.2) is 4.39 Å². The largest absolute Gasteiger partial charge is 0.507 e. The van der Waals surface area contributed by atoms with Gasteiger partial charge in [-0.15, -0.1) is 0 Å². The first-order valence-corrected chi connectivity index (χ1v) is 5.84. The molecule has 0 aliphatic rings. The van der Waals surface area contributed by atoms with Crippen molar-refractivity contribution in [3.63, 3.8) is 0 Å². The van der Waals surface area contributed by atoms with E-state index in [-0.39, 0.29) is 17.1 Å². The summed E-state index contributed by atoms with van der Waals surface area (Å²) in [5.41, 5.74) is 1.99. The second kappa shape index (κ2) is 5.10. The molecule has 2 aromatic rings. The Labute approximate surface area is 110 Å². The molecule has 0 heterocycles. The second-order valence-corrected chi connectivity index (χ2v) is 4.44. The number of nitrogens with one attached hydrogen (secondary N) is 1. The molecule has 1 amide bonds. The lowest BCUT2D eigenvalue weighted by molar-refractivity contribution is 0.102. The van der Waals surface area contributed by atoms with Crippen LogP contribution < -0.4 is 5.32 Å². The molecule has 2 aromatic carbocycles. The number of carbonyl (C=O) groups is 1. The number of benzene rings is 2. The maximum atomic E-state index is 13.1. The van der Waals surface area contributed by atoms with Crippen LogP contribution in [0.1, 0.15) is 21.5 Å². The predicted octanol–water partition coefficient (Wildman–Crippen LogP) is 3.40. The quantitative estimate of drug-likeness (QED) is 0.868. The van der Waals surface area contributed by atoms with Crippen LogP contribution in [0.25, 0.3) is 0 Å². The summed E-state index contributed by atoms with van der Waals surface area (Å²) >= 11 is 0. The number of carbonyl (C=O) groups excluding carboxylic acids is 1. The molecule has 98 valence electrons. The molecule has 0 fully saturated rings. The van der Waals surface area contributed by atoms with E-state index in [4.69, 9.17) is 0 Å². The Morgan fingerprint density at radius 2 is 1.89 bits per heavy atom. The van der Waals surface area contributed by atoms with E-state index in [2.05, 4.69) is 5.32 Å². The third-order valence-corrected chi connectivity index (χ3v) is 2.81. The molecule has 0 radical (unpaired) electrons. The van der Waals surface area contributed by atoms with Crippen LogP contribution in [-0.4, -0.2) is 11.0 Å². The lowest BCUT2D eigenvalue weighted by atomic mass is 10.1. The van der Waals surface area contributed by atoms with Gasteiger partial charge in [0.2, 0.25) is 0 Å². The summed E-state index contributed by atoms with van der Waals surface area (Å²) in [4.78, 5) is 12.0. The van der Waals surface area contributed by atoms with Crippen LogP contribution in [0.3, 0.4) is 0 Å². The van der Waals surface area contributed by atoms with Crippen molar-refractivity contribution in [2.75, 3.05) is 5.32 Å². The molecule has 0 saturated heterocycles. The van der Waals surface area contributed by atoms with E-state index >= 15 is 0 Å². The average molecular weight is 259 g/mol. The monoisotopic (exact) mass is 259 g/mol. The van der Waals surface area contributed by atoms with Crippen molar-refractivity contribution in [1.82, 2.24) is 0 Å². The van der Waals surface area contributed by atoms with Crippen molar-refractivity contribution < 1.29 is 14.3 Å². The topological polar surface area (TPSA) is 49.3 Å². The fraction of sp³-hybridized carbons (Fsp3) is 0.133. The Hall–Kier alpha value is -2.36. The van der Waals surface area contributed by atoms with Gasteiger partial charge in [0.15, 0.2) is 0 Å². The summed E-state index contributed by atoms with van der Waals surface area (Å²) in [7, 11) is 0. The van der Waals surface area contributed by atoms with Gasteiger partial charge in [0, 0.05) is 5.69 Å². The van der Waals surface area contributed by atoms with Gasteiger partial charge < -0.3 is 10.4 Å². The van der Waals surface area contributed by atoms with E-state index in [0.717, 1.165) is 5.56 Å². The smallest absolute Gasteiger partial charge is 0.259 e. The molecular formula is C15H14FNO2. The number of amides is 1. The number of hydrogen-bond donors (Lipinski definition) is 2. The van der Waals surface area contributed by atoms with Crippen molar-refractivity contribution >= 4 is 11.6 Å². The molecule has 19 heavy (non-hydrogen) atoms. The molecule has 0 atom stereocenters. The molecule has 0 unspecified atom stereocenters. The Bertz CT molecular complexity index is 638. The first kappa shape index (κ1) is 13.1. The number of phenols is 1. The summed E-state index contributed by atoms with van der Waals surface area (Å²) in [6, 6.07) is 9.12. The normalized spacial score (nSPS) is 10.3. The lowest BCUT2D eigenvalue weighted by Gasteiger charge is -2.08. The zero-order valence-corrected chi connectivity index (χ0v) is 10.7. The summed E-state index contributed by atoms with van der Waals surface area (Å²) in [6.07, 6.45) is 0. The highest BCUT2D eigenvalue weighted by atomic mass is 19.1. The van der Waals surface area contributed by atoms with Gasteiger partial charge in [0.05, 0.1) is 5.56 Å². The lowest BCUT2D eigenvalue weighted by Crippen LogP contribution is -2.12. The molecular weight excluding hydrogens is 245 g/mol. The van der Waals surface area contributed by atoms with E-state index < -0.39 is 5.91 Å². The van der Waals surface area contributed by atoms with Gasteiger partial charge in [-0.05, 0) is 55.3 Å². The maximum absolute atomic E-state index is 13.1. The van der Waals surface area contributed by atoms with E-state index in [0.29, 0.717) is 11.3 Å². The number of hydrogen-bond acceptors (Lipinski definition) is 2. The molecule has 0 aromatic heterocycles.